The molecule has 0 saturated carbocycles. The van der Waals surface area contributed by atoms with Crippen LogP contribution in [0.15, 0.2) is 57.8 Å². The third kappa shape index (κ3) is 4.95. The number of aromatic nitrogens is 2. The van der Waals surface area contributed by atoms with Gasteiger partial charge in [-0.1, -0.05) is 17.7 Å². The first-order valence-electron chi connectivity index (χ1n) is 13.4. The molecule has 0 bridgehead atoms. The minimum absolute atomic E-state index is 0.135. The molecule has 9 heteroatoms. The number of benzene rings is 3. The fourth-order valence-electron chi connectivity index (χ4n) is 5.20. The number of hydrogen-bond acceptors (Lipinski definition) is 6. The third-order valence-corrected chi connectivity index (χ3v) is 10.3. The monoisotopic (exact) mass is 558 g/mol. The lowest BCUT2D eigenvalue weighted by atomic mass is 9.95. The Morgan fingerprint density at radius 1 is 0.675 bits per heavy atom. The van der Waals surface area contributed by atoms with Gasteiger partial charge in [0, 0.05) is 42.9 Å². The lowest BCUT2D eigenvalue weighted by Gasteiger charge is -2.35. The van der Waals surface area contributed by atoms with Crippen molar-refractivity contribution in [2.45, 2.75) is 46.4 Å². The number of carbonyl (C=O) groups is 1. The Labute approximate surface area is 235 Å². The molecule has 0 unspecified atom stereocenters. The van der Waals surface area contributed by atoms with Crippen LogP contribution < -0.4 is 0 Å². The van der Waals surface area contributed by atoms with E-state index in [0.717, 1.165) is 38.9 Å². The highest BCUT2D eigenvalue weighted by Crippen LogP contribution is 2.32. The van der Waals surface area contributed by atoms with Gasteiger partial charge in [-0.3, -0.25) is 4.79 Å². The van der Waals surface area contributed by atoms with Crippen LogP contribution in [0.3, 0.4) is 0 Å². The number of aryl methyl sites for hydroxylation is 1. The van der Waals surface area contributed by atoms with Crippen LogP contribution >= 0.6 is 0 Å². The molecule has 1 aliphatic rings. The van der Waals surface area contributed by atoms with Crippen molar-refractivity contribution in [3.8, 4) is 22.9 Å². The van der Waals surface area contributed by atoms with Gasteiger partial charge in [0.15, 0.2) is 0 Å². The zero-order valence-corrected chi connectivity index (χ0v) is 24.6. The van der Waals surface area contributed by atoms with Gasteiger partial charge in [-0.25, -0.2) is 8.42 Å². The van der Waals surface area contributed by atoms with E-state index in [-0.39, 0.29) is 19.0 Å². The van der Waals surface area contributed by atoms with E-state index in [1.165, 1.54) is 4.31 Å². The van der Waals surface area contributed by atoms with Crippen LogP contribution in [0.5, 0.6) is 0 Å². The van der Waals surface area contributed by atoms with Gasteiger partial charge < -0.3 is 9.32 Å². The number of carbonyl (C=O) groups excluding carboxylic acids is 1. The fraction of sp³-hybridized carbons (Fsp3) is 0.323. The van der Waals surface area contributed by atoms with Gasteiger partial charge in [-0.05, 0) is 106 Å². The van der Waals surface area contributed by atoms with Gasteiger partial charge in [-0.15, -0.1) is 10.2 Å². The van der Waals surface area contributed by atoms with Gasteiger partial charge in [0.2, 0.25) is 21.8 Å². The van der Waals surface area contributed by atoms with Gasteiger partial charge in [0.25, 0.3) is 5.91 Å². The summed E-state index contributed by atoms with van der Waals surface area (Å²) in [5, 5.41) is 8.31. The molecule has 5 rings (SSSR count). The first kappa shape index (κ1) is 27.7. The molecule has 1 amide bonds. The van der Waals surface area contributed by atoms with Crippen molar-refractivity contribution in [1.29, 1.82) is 0 Å². The molecular formula is C31H34N4O4S. The van der Waals surface area contributed by atoms with Crippen molar-refractivity contribution >= 4 is 15.9 Å². The molecule has 0 aliphatic carbocycles. The Morgan fingerprint density at radius 2 is 1.12 bits per heavy atom. The summed E-state index contributed by atoms with van der Waals surface area (Å²) in [5.74, 6) is 0.675. The average Bonchev–Trinajstić information content (AvgIpc) is 3.45. The van der Waals surface area contributed by atoms with E-state index >= 15 is 0 Å². The van der Waals surface area contributed by atoms with Crippen molar-refractivity contribution in [2.24, 2.45) is 0 Å². The fourth-order valence-corrected chi connectivity index (χ4v) is 7.19. The predicted octanol–water partition coefficient (Wildman–Crippen LogP) is 5.40. The zero-order chi connectivity index (χ0) is 28.8. The molecule has 0 N–H and O–H groups in total. The Balaban J connectivity index is 1.27. The van der Waals surface area contributed by atoms with Crippen molar-refractivity contribution in [3.05, 3.63) is 87.5 Å². The van der Waals surface area contributed by atoms with E-state index in [1.54, 1.807) is 29.2 Å². The van der Waals surface area contributed by atoms with Gasteiger partial charge in [0.05, 0.1) is 4.90 Å². The molecule has 2 heterocycles. The number of hydrogen-bond donors (Lipinski definition) is 0. The van der Waals surface area contributed by atoms with E-state index < -0.39 is 10.0 Å². The van der Waals surface area contributed by atoms with E-state index in [4.69, 9.17) is 4.42 Å². The molecule has 8 nitrogen and oxygen atoms in total. The predicted molar refractivity (Wildman–Crippen MR) is 155 cm³/mol. The summed E-state index contributed by atoms with van der Waals surface area (Å²) < 4.78 is 34.7. The Morgan fingerprint density at radius 3 is 1.62 bits per heavy atom. The summed E-state index contributed by atoms with van der Waals surface area (Å²) in [6.07, 6.45) is 0. The second-order valence-electron chi connectivity index (χ2n) is 10.5. The van der Waals surface area contributed by atoms with Gasteiger partial charge in [-0.2, -0.15) is 4.31 Å². The quantitative estimate of drug-likeness (QED) is 0.325. The summed E-state index contributed by atoms with van der Waals surface area (Å²) in [4.78, 5) is 15.3. The zero-order valence-electron chi connectivity index (χ0n) is 23.8. The first-order valence-corrected chi connectivity index (χ1v) is 14.8. The van der Waals surface area contributed by atoms with E-state index in [0.29, 0.717) is 40.9 Å². The molecule has 0 atom stereocenters. The Hall–Kier alpha value is -3.82. The van der Waals surface area contributed by atoms with Gasteiger partial charge in [0.1, 0.15) is 0 Å². The summed E-state index contributed by atoms with van der Waals surface area (Å²) in [5.41, 5.74) is 7.96. The average molecular weight is 559 g/mol. The molecule has 3 aromatic carbocycles. The molecule has 1 saturated heterocycles. The second-order valence-corrected chi connectivity index (χ2v) is 12.4. The lowest BCUT2D eigenvalue weighted by Crippen LogP contribution is -2.50. The molecule has 1 aromatic heterocycles. The number of nitrogens with zero attached hydrogens (tertiary/aromatic N) is 4. The topological polar surface area (TPSA) is 96.6 Å². The second kappa shape index (κ2) is 10.6. The van der Waals surface area contributed by atoms with E-state index in [1.807, 2.05) is 65.8 Å². The van der Waals surface area contributed by atoms with Crippen molar-refractivity contribution in [1.82, 2.24) is 19.4 Å². The van der Waals surface area contributed by atoms with Crippen LogP contribution in [0.25, 0.3) is 22.9 Å². The Kier molecular flexibility index (Phi) is 7.37. The molecule has 1 fully saturated rings. The molecule has 1 aliphatic heterocycles. The van der Waals surface area contributed by atoms with Gasteiger partial charge >= 0.3 is 0 Å². The lowest BCUT2D eigenvalue weighted by molar-refractivity contribution is 0.0698. The number of amides is 1. The molecule has 4 aromatic rings. The van der Waals surface area contributed by atoms with Crippen LogP contribution in [-0.4, -0.2) is 59.9 Å². The minimum atomic E-state index is -3.68. The molecular weight excluding hydrogens is 524 g/mol. The summed E-state index contributed by atoms with van der Waals surface area (Å²) >= 11 is 0. The maximum atomic E-state index is 13.7. The normalized spacial score (nSPS) is 14.5. The third-order valence-electron chi connectivity index (χ3n) is 8.16. The SMILES string of the molecule is Cc1ccc(-c2nnc(-c3ccc(C(=O)N4CCN(S(=O)(=O)c5c(C)c(C)c(C)c(C)c5C)CC4)cc3)o2)cc1. The molecule has 208 valence electrons. The summed E-state index contributed by atoms with van der Waals surface area (Å²) in [6, 6.07) is 14.9. The minimum Gasteiger partial charge on any atom is -0.416 e. The summed E-state index contributed by atoms with van der Waals surface area (Å²) in [6.45, 7) is 12.9. The highest BCUT2D eigenvalue weighted by molar-refractivity contribution is 7.89. The highest BCUT2D eigenvalue weighted by atomic mass is 32.2. The molecule has 0 radical (unpaired) electrons. The van der Waals surface area contributed by atoms with Crippen molar-refractivity contribution in [3.63, 3.8) is 0 Å². The summed E-state index contributed by atoms with van der Waals surface area (Å²) in [7, 11) is -3.68. The van der Waals surface area contributed by atoms with Crippen molar-refractivity contribution < 1.29 is 17.6 Å². The highest BCUT2D eigenvalue weighted by Gasteiger charge is 2.33. The van der Waals surface area contributed by atoms with Crippen LogP contribution in [-0.2, 0) is 10.0 Å². The maximum absolute atomic E-state index is 13.7. The maximum Gasteiger partial charge on any atom is 0.253 e. The van der Waals surface area contributed by atoms with Crippen LogP contribution in [0.1, 0.15) is 43.7 Å². The standard InChI is InChI=1S/C31H34N4O4S/c1-19-7-9-25(10-8-19)29-32-33-30(39-29)26-11-13-27(14-12-26)31(36)34-15-17-35(18-16-34)40(37,38)28-23(5)21(3)20(2)22(4)24(28)6/h7-14H,15-18H2,1-6H3. The van der Waals surface area contributed by atoms with Crippen LogP contribution in [0.4, 0.5) is 0 Å². The smallest absolute Gasteiger partial charge is 0.253 e. The largest absolute Gasteiger partial charge is 0.416 e. The van der Waals surface area contributed by atoms with E-state index in [9.17, 15) is 13.2 Å². The Bertz CT molecular complexity index is 1650. The number of piperazine rings is 1. The van der Waals surface area contributed by atoms with Crippen LogP contribution in [0.2, 0.25) is 0 Å². The molecule has 0 spiro atoms. The number of rotatable bonds is 5. The molecule has 40 heavy (non-hydrogen) atoms. The number of sulfonamides is 1. The van der Waals surface area contributed by atoms with E-state index in [2.05, 4.69) is 10.2 Å². The first-order chi connectivity index (χ1) is 19.0. The van der Waals surface area contributed by atoms with Crippen LogP contribution in [0, 0.1) is 41.5 Å². The van der Waals surface area contributed by atoms with Crippen molar-refractivity contribution in [2.75, 3.05) is 26.2 Å².